The number of fused-ring (bicyclic) bond motifs is 6. The summed E-state index contributed by atoms with van der Waals surface area (Å²) in [5, 5.41) is 12.8. The molecule has 0 spiro atoms. The van der Waals surface area contributed by atoms with Crippen LogP contribution in [0.4, 0.5) is 0 Å². The van der Waals surface area contributed by atoms with Crippen LogP contribution in [0.2, 0.25) is 0 Å². The van der Waals surface area contributed by atoms with Crippen molar-refractivity contribution in [2.75, 3.05) is 81.0 Å². The highest BCUT2D eigenvalue weighted by Crippen LogP contribution is 2.40. The number of nitrogens with one attached hydrogen (secondary N) is 6. The van der Waals surface area contributed by atoms with Crippen molar-refractivity contribution in [1.29, 1.82) is 0 Å². The third kappa shape index (κ3) is 27.0. The fourth-order valence-corrected chi connectivity index (χ4v) is 14.4. The van der Waals surface area contributed by atoms with Crippen LogP contribution >= 0.6 is 68.0 Å². The summed E-state index contributed by atoms with van der Waals surface area (Å²) in [5.41, 5.74) is 0. The number of hydrogen-bond donors (Lipinski definition) is 6. The van der Waals surface area contributed by atoms with Gasteiger partial charge in [0, 0.05) is 141 Å². The molecule has 0 amide bonds. The molecule has 12 aromatic carbocycles. The Kier molecular flexibility index (Phi) is 14.9. The highest BCUT2D eigenvalue weighted by Gasteiger charge is 2.22. The monoisotopic (exact) mass is 1860 g/mol. The van der Waals surface area contributed by atoms with Crippen LogP contribution in [0.25, 0.3) is 64.6 Å². The van der Waals surface area contributed by atoms with Gasteiger partial charge in [0.25, 0.3) is 0 Å². The number of hydrogen-bond acceptors (Lipinski definition) is 18. The van der Waals surface area contributed by atoms with Crippen LogP contribution in [0, 0.1) is 0 Å². The fourth-order valence-electron chi connectivity index (χ4n) is 10.8. The highest BCUT2D eigenvalue weighted by molar-refractivity contribution is 7.11. The van der Waals surface area contributed by atoms with Gasteiger partial charge in [-0.05, 0) is 218 Å². The van der Waals surface area contributed by atoms with Gasteiger partial charge >= 0.3 is 0 Å². The van der Waals surface area contributed by atoms with Crippen molar-refractivity contribution in [2.45, 2.75) is 74.9 Å². The third-order valence-electron chi connectivity index (χ3n) is 16.3. The maximum Gasteiger partial charge on any atom is 0.134 e. The molecular weight excluding hydrogens is 1670 g/mol. The Bertz CT molecular complexity index is 10200. The molecule has 6 heterocycles. The Hall–Kier alpha value is -11.0. The molecule has 6 unspecified atom stereocenters. The van der Waals surface area contributed by atoms with Crippen molar-refractivity contribution in [3.05, 3.63) is 388 Å². The van der Waals surface area contributed by atoms with E-state index in [1.165, 1.54) is 16.7 Å². The molecule has 0 aliphatic carbocycles. The first-order valence-electron chi connectivity index (χ1n) is 73.6. The smallest absolute Gasteiger partial charge is 0.134 e. The SMILES string of the molecule is [2H]C([2H])([2H])NC([2H])([2H])C([2H])([2H])C(Oc1cccc2ccccc12)c1cccs1.[2H]C([2H])([2H])NCCC(Oc1cccc2ccccc12)c1cccs1.[2H]c1sc(C([2H])(CC([2H])([2H])NC([2H])([2H])[2H])Oc2c([2H])c([2H])c([2H])c3c([2H])c([2H])c([2H])c([2H])c23)c([2H])c1[2H].[2H]c1sc(C([2H])(CCNC([2H])([2H])[2H])Oc2c([2H])c([2H])c([2H])c3c([2H])c([2H])c([2H])c([2H])c23)c([2H])c1[2H].[2H]c1sc(C([2H])(Oc2c([2H])c([2H])c([2H])c3c([2H])c([2H])c([2H])c([2H])c23)C([2H])([2H])C([2H])([2H])NC([2H])([2H])[2H])c([2H])c1[2H].[2H]c1sc(C([2H])(Oc2c([2H])c([2H])c([2H])c3c([2H])c([2H])c([2H])c([2H])c23)C([2H])([2H])CNC([2H])([2H])[2H])c([2H])c1[2H]. The summed E-state index contributed by atoms with van der Waals surface area (Å²) in [5.74, 6) is -2.13. The van der Waals surface area contributed by atoms with E-state index in [0.29, 0.717) is 57.6 Å². The highest BCUT2D eigenvalue weighted by atomic mass is 32.1. The van der Waals surface area contributed by atoms with E-state index >= 15 is 0 Å². The second-order valence-corrected chi connectivity index (χ2v) is 29.3. The summed E-state index contributed by atoms with van der Waals surface area (Å²) >= 11 is 4.31. The van der Waals surface area contributed by atoms with E-state index in [-0.39, 0.29) is 34.2 Å². The second-order valence-electron chi connectivity index (χ2n) is 24.1. The van der Waals surface area contributed by atoms with Gasteiger partial charge in [-0.2, -0.15) is 0 Å². The van der Waals surface area contributed by atoms with Crippen molar-refractivity contribution >= 4 is 133 Å². The standard InChI is InChI=1S/6C18H19NOS/c6*1-19-12-11-17(18-10-5-13-21-18)20-16-9-4-7-14-6-2-3-8-15(14)16/h6*2-10,13,17,19H,11-12H2,1H3/i1D3,2D,3D,4D,5D,6D,7D,8D,9D,10D,11D2,12D2,13D,17D;1D3,2D,3D,4D,5D,6D,7D,8D,9D,10D,12D2,13D,17D;1D3,2D,3D,4D,5D,6D,7D,8D,9D,10D,11D2,13D,17D;1D3,2D,3D,4D,5D,6D,7D,8D,9D,10D,13D,17D;1D3,11D2,12D2;1D3. The van der Waals surface area contributed by atoms with Gasteiger partial charge in [0.2, 0.25) is 0 Å². The second kappa shape index (κ2) is 50.9. The molecular formula is C108H114N6O6S6. The predicted octanol–water partition coefficient (Wildman–Crippen LogP) is 27.8. The van der Waals surface area contributed by atoms with Crippen LogP contribution in [0.1, 0.15) is 206 Å². The Morgan fingerprint density at radius 3 is 1.05 bits per heavy atom. The van der Waals surface area contributed by atoms with Crippen molar-refractivity contribution in [1.82, 2.24) is 31.9 Å². The number of thiophene rings is 6. The Morgan fingerprint density at radius 2 is 0.619 bits per heavy atom. The molecule has 18 rings (SSSR count). The topological polar surface area (TPSA) is 128 Å². The maximum atomic E-state index is 9.01. The van der Waals surface area contributed by atoms with Crippen LogP contribution in [0.5, 0.6) is 34.5 Å². The zero-order valence-electron chi connectivity index (χ0n) is 139. The Balaban J connectivity index is 0.000000194. The quantitative estimate of drug-likeness (QED) is 0.0224. The van der Waals surface area contributed by atoms with Gasteiger partial charge in [0.15, 0.2) is 0 Å². The maximum absolute atomic E-state index is 9.01. The van der Waals surface area contributed by atoms with E-state index < -0.39 is 445 Å². The van der Waals surface area contributed by atoms with Crippen LogP contribution in [0.15, 0.2) is 359 Å². The lowest BCUT2D eigenvalue weighted by molar-refractivity contribution is 0.201. The lowest BCUT2D eigenvalue weighted by atomic mass is 10.1. The van der Waals surface area contributed by atoms with Gasteiger partial charge in [-0.3, -0.25) is 0 Å². The molecule has 0 fully saturated rings. The molecule has 6 atom stereocenters. The first-order valence-corrected chi connectivity index (χ1v) is 41.6. The van der Waals surface area contributed by atoms with Gasteiger partial charge in [-0.15, -0.1) is 68.0 Å². The van der Waals surface area contributed by atoms with Crippen LogP contribution < -0.4 is 60.3 Å². The van der Waals surface area contributed by atoms with E-state index in [2.05, 4.69) is 22.8 Å². The molecule has 648 valence electrons. The third-order valence-corrected chi connectivity index (χ3v) is 21.0. The number of rotatable bonds is 36. The van der Waals surface area contributed by atoms with E-state index in [0.717, 1.165) is 32.2 Å². The summed E-state index contributed by atoms with van der Waals surface area (Å²) < 4.78 is 626. The largest absolute Gasteiger partial charge is 0.484 e. The van der Waals surface area contributed by atoms with Gasteiger partial charge in [0.1, 0.15) is 71.0 Å². The normalized spacial score (nSPS) is 23.1. The average molecular weight is 1860 g/mol. The molecule has 0 aliphatic heterocycles. The molecule has 6 aromatic heterocycles. The Labute approximate surface area is 871 Å². The zero-order chi connectivity index (χ0) is 151. The zero-order valence-corrected chi connectivity index (χ0v) is 69.7. The summed E-state index contributed by atoms with van der Waals surface area (Å²) in [6, 6.07) is 6.80. The lowest BCUT2D eigenvalue weighted by Gasteiger charge is -2.19. The molecule has 6 N–H and O–H groups in total. The average Bonchev–Trinajstić information content (AvgIpc) is 1.28. The Morgan fingerprint density at radius 1 is 0.262 bits per heavy atom. The molecule has 18 heteroatoms. The first kappa shape index (κ1) is 37.0. The fraction of sp³-hybridized carbons (Fsp3) is 0.222. The van der Waals surface area contributed by atoms with Gasteiger partial charge in [-0.1, -0.05) is 254 Å². The minimum absolute atomic E-state index is 0.168. The van der Waals surface area contributed by atoms with E-state index in [4.69, 9.17) is 130 Å². The van der Waals surface area contributed by atoms with E-state index in [1.807, 2.05) is 83.5 Å². The first-order chi connectivity index (χ1) is 91.6. The molecule has 18 aromatic rings. The molecule has 0 bridgehead atoms. The number of ether oxygens (including phenoxy) is 6. The van der Waals surface area contributed by atoms with Gasteiger partial charge < -0.3 is 60.3 Å². The van der Waals surface area contributed by atoms with Crippen molar-refractivity contribution in [3.8, 4) is 34.5 Å². The minimum atomic E-state index is -3.82. The summed E-state index contributed by atoms with van der Waals surface area (Å²) in [4.78, 5) is -0.754. The molecule has 0 aliphatic rings. The van der Waals surface area contributed by atoms with Crippen LogP contribution in [-0.2, 0) is 0 Å². The molecule has 0 saturated heterocycles. The molecule has 126 heavy (non-hydrogen) atoms. The minimum Gasteiger partial charge on any atom is -0.484 e. The molecule has 0 radical (unpaired) electrons. The predicted molar refractivity (Wildman–Crippen MR) is 541 cm³/mol. The van der Waals surface area contributed by atoms with Crippen LogP contribution in [0.3, 0.4) is 0 Å². The molecule has 0 saturated carbocycles. The lowest BCUT2D eigenvalue weighted by Crippen LogP contribution is -2.15. The van der Waals surface area contributed by atoms with E-state index in [9.17, 15) is 0 Å². The summed E-state index contributed by atoms with van der Waals surface area (Å²) in [6.45, 7) is -27.2. The van der Waals surface area contributed by atoms with Crippen LogP contribution in [-0.4, -0.2) is 81.0 Å². The number of benzene rings is 12. The van der Waals surface area contributed by atoms with Crippen molar-refractivity contribution in [2.24, 2.45) is 0 Å². The van der Waals surface area contributed by atoms with Gasteiger partial charge in [-0.25, -0.2) is 0 Å². The summed E-state index contributed by atoms with van der Waals surface area (Å²) in [7, 11) is 0. The molecule has 12 nitrogen and oxygen atoms in total. The van der Waals surface area contributed by atoms with Gasteiger partial charge in [0.05, 0.1) is 60.3 Å². The van der Waals surface area contributed by atoms with Crippen molar-refractivity contribution < 1.29 is 130 Å². The van der Waals surface area contributed by atoms with Crippen molar-refractivity contribution in [3.63, 3.8) is 0 Å². The van der Waals surface area contributed by atoms with E-state index in [1.54, 1.807) is 51.6 Å². The summed E-state index contributed by atoms with van der Waals surface area (Å²) in [6.07, 6.45) is -24.0.